The number of hydrogen-bond donors (Lipinski definition) is 0. The van der Waals surface area contributed by atoms with Crippen LogP contribution in [0.3, 0.4) is 0 Å². The van der Waals surface area contributed by atoms with Crippen LogP contribution >= 0.6 is 15.9 Å². The number of carbonyl (C=O) groups is 1. The van der Waals surface area contributed by atoms with Crippen molar-refractivity contribution in [3.05, 3.63) is 35.9 Å². The molecule has 0 atom stereocenters. The zero-order chi connectivity index (χ0) is 12.6. The van der Waals surface area contributed by atoms with Gasteiger partial charge in [-0.1, -0.05) is 72.4 Å². The van der Waals surface area contributed by atoms with Crippen molar-refractivity contribution >= 4 is 22.2 Å². The van der Waals surface area contributed by atoms with Gasteiger partial charge >= 0.3 is 0 Å². The Balaban J connectivity index is 0.000000317. The molecule has 0 bridgehead atoms. The summed E-state index contributed by atoms with van der Waals surface area (Å²) in [6.07, 6.45) is 8.22. The van der Waals surface area contributed by atoms with Crippen molar-refractivity contribution in [1.29, 1.82) is 0 Å². The van der Waals surface area contributed by atoms with E-state index in [1.165, 1.54) is 37.7 Å². The number of hydrogen-bond acceptors (Lipinski definition) is 1. The standard InChI is InChI=1S/C12H15Br.C3H6O/c13-12(9-5-2-6-10-12)11-7-3-1-4-8-11;1-2-3-4/h1,3-4,7-8H,2,5-6,9-10H2;3H,2H2,1H3. The van der Waals surface area contributed by atoms with Gasteiger partial charge < -0.3 is 4.79 Å². The topological polar surface area (TPSA) is 17.1 Å². The summed E-state index contributed by atoms with van der Waals surface area (Å²) in [5.41, 5.74) is 1.45. The molecule has 0 N–H and O–H groups in total. The van der Waals surface area contributed by atoms with Gasteiger partial charge in [-0.3, -0.25) is 0 Å². The number of alkyl halides is 1. The van der Waals surface area contributed by atoms with Gasteiger partial charge in [0.15, 0.2) is 0 Å². The summed E-state index contributed by atoms with van der Waals surface area (Å²) in [5.74, 6) is 0. The summed E-state index contributed by atoms with van der Waals surface area (Å²) in [7, 11) is 0. The molecule has 1 nitrogen and oxygen atoms in total. The van der Waals surface area contributed by atoms with Crippen molar-refractivity contribution in [3.63, 3.8) is 0 Å². The summed E-state index contributed by atoms with van der Waals surface area (Å²) in [4.78, 5) is 9.17. The molecule has 2 rings (SSSR count). The van der Waals surface area contributed by atoms with E-state index in [1.807, 2.05) is 6.92 Å². The molecular weight excluding hydrogens is 276 g/mol. The lowest BCUT2D eigenvalue weighted by Gasteiger charge is -2.32. The fourth-order valence-electron chi connectivity index (χ4n) is 2.14. The van der Waals surface area contributed by atoms with Gasteiger partial charge in [-0.25, -0.2) is 0 Å². The van der Waals surface area contributed by atoms with Crippen molar-refractivity contribution in [2.75, 3.05) is 0 Å². The average molecular weight is 297 g/mol. The fraction of sp³-hybridized carbons (Fsp3) is 0.533. The number of aldehydes is 1. The van der Waals surface area contributed by atoms with Crippen LogP contribution in [0.1, 0.15) is 51.0 Å². The molecule has 0 spiro atoms. The highest BCUT2D eigenvalue weighted by molar-refractivity contribution is 9.09. The van der Waals surface area contributed by atoms with Crippen LogP contribution in [0.15, 0.2) is 30.3 Å². The predicted molar refractivity (Wildman–Crippen MR) is 76.5 cm³/mol. The van der Waals surface area contributed by atoms with Gasteiger partial charge in [0.05, 0.1) is 4.32 Å². The summed E-state index contributed by atoms with van der Waals surface area (Å²) in [6, 6.07) is 10.8. The molecule has 94 valence electrons. The molecule has 1 fully saturated rings. The van der Waals surface area contributed by atoms with Crippen LogP contribution in [0.2, 0.25) is 0 Å². The van der Waals surface area contributed by atoms with Gasteiger partial charge in [-0.2, -0.15) is 0 Å². The van der Waals surface area contributed by atoms with E-state index in [-0.39, 0.29) is 4.32 Å². The average Bonchev–Trinajstić information content (AvgIpc) is 2.41. The second-order valence-corrected chi connectivity index (χ2v) is 5.98. The summed E-state index contributed by atoms with van der Waals surface area (Å²) < 4.78 is 0.284. The molecule has 0 saturated heterocycles. The molecule has 1 aromatic carbocycles. The summed E-state index contributed by atoms with van der Waals surface area (Å²) in [6.45, 7) is 1.81. The first-order valence-corrected chi connectivity index (χ1v) is 7.20. The van der Waals surface area contributed by atoms with E-state index in [2.05, 4.69) is 46.3 Å². The Morgan fingerprint density at radius 2 is 1.71 bits per heavy atom. The molecule has 0 heterocycles. The molecule has 1 saturated carbocycles. The van der Waals surface area contributed by atoms with Crippen LogP contribution in [0.25, 0.3) is 0 Å². The molecular formula is C15H21BrO. The van der Waals surface area contributed by atoms with Crippen molar-refractivity contribution in [2.45, 2.75) is 49.8 Å². The second-order valence-electron chi connectivity index (χ2n) is 4.47. The zero-order valence-corrected chi connectivity index (χ0v) is 12.1. The normalized spacial score (nSPS) is 17.8. The minimum Gasteiger partial charge on any atom is -0.303 e. The van der Waals surface area contributed by atoms with Crippen LogP contribution in [-0.4, -0.2) is 6.29 Å². The van der Waals surface area contributed by atoms with Crippen LogP contribution in [0.4, 0.5) is 0 Å². The number of benzene rings is 1. The van der Waals surface area contributed by atoms with Crippen molar-refractivity contribution in [1.82, 2.24) is 0 Å². The molecule has 0 unspecified atom stereocenters. The third-order valence-corrected chi connectivity index (χ3v) is 4.35. The molecule has 0 radical (unpaired) electrons. The number of halogens is 1. The van der Waals surface area contributed by atoms with E-state index in [9.17, 15) is 4.79 Å². The third kappa shape index (κ3) is 4.63. The van der Waals surface area contributed by atoms with E-state index in [0.29, 0.717) is 6.42 Å². The fourth-order valence-corrected chi connectivity index (χ4v) is 2.96. The Labute approximate surface area is 113 Å². The first-order chi connectivity index (χ1) is 8.23. The Hall–Kier alpha value is -0.630. The zero-order valence-electron chi connectivity index (χ0n) is 10.5. The van der Waals surface area contributed by atoms with Gasteiger partial charge in [-0.05, 0) is 18.4 Å². The highest BCUT2D eigenvalue weighted by atomic mass is 79.9. The quantitative estimate of drug-likeness (QED) is 0.564. The molecule has 1 aliphatic rings. The number of rotatable bonds is 2. The van der Waals surface area contributed by atoms with Gasteiger partial charge in [-0.15, -0.1) is 0 Å². The van der Waals surface area contributed by atoms with Crippen molar-refractivity contribution < 1.29 is 4.79 Å². The largest absolute Gasteiger partial charge is 0.303 e. The lowest BCUT2D eigenvalue weighted by Crippen LogP contribution is -2.21. The van der Waals surface area contributed by atoms with Gasteiger partial charge in [0, 0.05) is 6.42 Å². The Morgan fingerprint density at radius 1 is 1.18 bits per heavy atom. The van der Waals surface area contributed by atoms with Gasteiger partial charge in [0.1, 0.15) is 6.29 Å². The lowest BCUT2D eigenvalue weighted by atomic mass is 9.84. The van der Waals surface area contributed by atoms with Gasteiger partial charge in [0.25, 0.3) is 0 Å². The monoisotopic (exact) mass is 296 g/mol. The van der Waals surface area contributed by atoms with Crippen LogP contribution in [0.5, 0.6) is 0 Å². The van der Waals surface area contributed by atoms with Crippen LogP contribution in [0, 0.1) is 0 Å². The van der Waals surface area contributed by atoms with Crippen LogP contribution in [-0.2, 0) is 9.12 Å². The van der Waals surface area contributed by atoms with E-state index >= 15 is 0 Å². The molecule has 0 aliphatic heterocycles. The van der Waals surface area contributed by atoms with Crippen LogP contribution < -0.4 is 0 Å². The Morgan fingerprint density at radius 3 is 2.18 bits per heavy atom. The molecule has 0 aromatic heterocycles. The van der Waals surface area contributed by atoms with E-state index in [4.69, 9.17) is 0 Å². The SMILES string of the molecule is BrC1(c2ccccc2)CCCCC1.CCC=O. The lowest BCUT2D eigenvalue weighted by molar-refractivity contribution is -0.107. The molecule has 1 aromatic rings. The highest BCUT2D eigenvalue weighted by Gasteiger charge is 2.30. The first kappa shape index (κ1) is 14.4. The molecule has 1 aliphatic carbocycles. The molecule has 2 heteroatoms. The maximum absolute atomic E-state index is 9.17. The second kappa shape index (κ2) is 7.65. The number of carbonyl (C=O) groups excluding carboxylic acids is 1. The predicted octanol–water partition coefficient (Wildman–Crippen LogP) is 4.84. The van der Waals surface area contributed by atoms with E-state index in [1.54, 1.807) is 0 Å². The summed E-state index contributed by atoms with van der Waals surface area (Å²) >= 11 is 3.90. The Kier molecular flexibility index (Phi) is 6.49. The summed E-state index contributed by atoms with van der Waals surface area (Å²) in [5, 5.41) is 0. The molecule has 17 heavy (non-hydrogen) atoms. The first-order valence-electron chi connectivity index (χ1n) is 6.41. The highest BCUT2D eigenvalue weighted by Crippen LogP contribution is 2.44. The maximum Gasteiger partial charge on any atom is 0.119 e. The van der Waals surface area contributed by atoms with E-state index in [0.717, 1.165) is 6.29 Å². The smallest absolute Gasteiger partial charge is 0.119 e. The third-order valence-electron chi connectivity index (χ3n) is 3.10. The van der Waals surface area contributed by atoms with E-state index < -0.39 is 0 Å². The minimum atomic E-state index is 0.284. The van der Waals surface area contributed by atoms with Crippen molar-refractivity contribution in [3.8, 4) is 0 Å². The minimum absolute atomic E-state index is 0.284. The maximum atomic E-state index is 9.17. The van der Waals surface area contributed by atoms with Crippen molar-refractivity contribution in [2.24, 2.45) is 0 Å². The van der Waals surface area contributed by atoms with Gasteiger partial charge in [0.2, 0.25) is 0 Å². The Bertz CT molecular complexity index is 315. The molecule has 0 amide bonds.